The van der Waals surface area contributed by atoms with Crippen LogP contribution in [0.4, 0.5) is 0 Å². The van der Waals surface area contributed by atoms with Gasteiger partial charge in [-0.15, -0.1) is 0 Å². The summed E-state index contributed by atoms with van der Waals surface area (Å²) in [5, 5.41) is 12.4. The summed E-state index contributed by atoms with van der Waals surface area (Å²) < 4.78 is 117. The van der Waals surface area contributed by atoms with E-state index in [2.05, 4.69) is 0 Å². The van der Waals surface area contributed by atoms with E-state index in [9.17, 15) is 9.90 Å². The van der Waals surface area contributed by atoms with E-state index in [-0.39, 0.29) is 66.1 Å². The zero-order valence-corrected chi connectivity index (χ0v) is 57.4. The Morgan fingerprint density at radius 1 is 0.304 bits per heavy atom. The highest BCUT2D eigenvalue weighted by atomic mass is 16.8. The number of hydrogen-bond donors (Lipinski definition) is 1. The first-order valence-electron chi connectivity index (χ1n) is 34.4. The van der Waals surface area contributed by atoms with Crippen LogP contribution in [0.2, 0.25) is 0 Å². The van der Waals surface area contributed by atoms with Gasteiger partial charge in [0.1, 0.15) is 116 Å². The number of ether oxygens (including phenoxy) is 17. The fourth-order valence-electron chi connectivity index (χ4n) is 12.5. The molecule has 0 aromatic heterocycles. The second-order valence-corrected chi connectivity index (χ2v) is 25.0. The average Bonchev–Trinajstić information content (AvgIpc) is 0.764. The lowest BCUT2D eigenvalue weighted by molar-refractivity contribution is -0.392. The van der Waals surface area contributed by atoms with Gasteiger partial charge in [-0.25, -0.2) is 0 Å². The standard InChI is InChI=1S/C83H88O19/c1-57(84)88-54-69-72(91-47-58-25-11-4-12-26-58)75(92-48-59-27-13-5-14-28-59)79(96-52-63-35-21-9-22-36-63)82(99-69)102-74-71(56-90-68-45-41-66(87-3)42-46-68)100-83(80(97-53-64-37-23-10-24-38-64)77(74)94-50-61-31-17-7-18-32-61)101-73-70(55-89-67-43-39-65(86-2)40-44-67)98-81(85)78(95-51-62-33-19-8-20-34-62)76(73)93-49-60-29-15-6-16-30-60/h4-46,69-83,85H,47-56H2,1-3H3/t69-,70-,71-,72+,73+,74+,75+,76+,77+,78-,79-,80-,81-,82-,83-/m1/s1. The summed E-state index contributed by atoms with van der Waals surface area (Å²) in [5.74, 6) is 1.69. The van der Waals surface area contributed by atoms with Crippen LogP contribution < -0.4 is 18.9 Å². The number of carbonyl (C=O) groups excluding carboxylic acids is 1. The molecule has 3 aliphatic rings. The van der Waals surface area contributed by atoms with Crippen molar-refractivity contribution in [2.45, 2.75) is 145 Å². The number of rotatable bonds is 35. The zero-order valence-electron chi connectivity index (χ0n) is 57.4. The molecular formula is C83H88O19. The van der Waals surface area contributed by atoms with Crippen molar-refractivity contribution in [2.24, 2.45) is 0 Å². The predicted octanol–water partition coefficient (Wildman–Crippen LogP) is 12.8. The summed E-state index contributed by atoms with van der Waals surface area (Å²) in [7, 11) is 3.19. The second kappa shape index (κ2) is 37.9. The van der Waals surface area contributed by atoms with Gasteiger partial charge in [0.15, 0.2) is 18.9 Å². The molecule has 0 spiro atoms. The van der Waals surface area contributed by atoms with Crippen molar-refractivity contribution >= 4 is 5.97 Å². The Hall–Kier alpha value is -8.87. The molecule has 12 rings (SSSR count). The molecule has 0 aliphatic carbocycles. The Kier molecular flexibility index (Phi) is 27.1. The molecule has 0 saturated carbocycles. The maximum atomic E-state index is 13.0. The molecule has 19 heteroatoms. The van der Waals surface area contributed by atoms with Gasteiger partial charge in [0, 0.05) is 6.92 Å². The zero-order chi connectivity index (χ0) is 70.1. The molecule has 0 amide bonds. The molecule has 15 atom stereocenters. The van der Waals surface area contributed by atoms with Crippen LogP contribution in [-0.4, -0.2) is 137 Å². The summed E-state index contributed by atoms with van der Waals surface area (Å²) in [6, 6.07) is 82.5. The number of aliphatic hydroxyl groups is 1. The summed E-state index contributed by atoms with van der Waals surface area (Å²) in [4.78, 5) is 13.0. The Morgan fingerprint density at radius 2 is 0.559 bits per heavy atom. The van der Waals surface area contributed by atoms with Gasteiger partial charge in [-0.05, 0) is 87.5 Å². The van der Waals surface area contributed by atoms with Crippen molar-refractivity contribution in [3.05, 3.63) is 300 Å². The Balaban J connectivity index is 0.992. The van der Waals surface area contributed by atoms with Gasteiger partial charge in [-0.3, -0.25) is 4.79 Å². The first kappa shape index (κ1) is 72.9. The maximum Gasteiger partial charge on any atom is 0.302 e. The molecule has 0 bridgehead atoms. The molecule has 3 heterocycles. The van der Waals surface area contributed by atoms with Gasteiger partial charge in [-0.1, -0.05) is 212 Å². The summed E-state index contributed by atoms with van der Waals surface area (Å²) in [6.07, 6.45) is -17.6. The van der Waals surface area contributed by atoms with Crippen molar-refractivity contribution in [2.75, 3.05) is 34.0 Å². The maximum absolute atomic E-state index is 13.0. The fraction of sp³-hybridized carbons (Fsp3) is 0.337. The van der Waals surface area contributed by atoms with Crippen LogP contribution in [0, 0.1) is 0 Å². The number of hydrogen-bond acceptors (Lipinski definition) is 19. The van der Waals surface area contributed by atoms with E-state index in [4.69, 9.17) is 80.5 Å². The average molecular weight is 1390 g/mol. The van der Waals surface area contributed by atoms with Crippen LogP contribution in [0.5, 0.6) is 23.0 Å². The van der Waals surface area contributed by atoms with Gasteiger partial charge in [0.25, 0.3) is 0 Å². The van der Waals surface area contributed by atoms with Crippen molar-refractivity contribution < 1.29 is 90.4 Å². The van der Waals surface area contributed by atoms with Crippen molar-refractivity contribution in [3.63, 3.8) is 0 Å². The normalized spacial score (nSPS) is 24.8. The highest BCUT2D eigenvalue weighted by Crippen LogP contribution is 2.40. The lowest BCUT2D eigenvalue weighted by Crippen LogP contribution is -2.68. The van der Waals surface area contributed by atoms with E-state index in [0.717, 1.165) is 38.9 Å². The van der Waals surface area contributed by atoms with Crippen LogP contribution in [0.25, 0.3) is 0 Å². The minimum absolute atomic E-state index is 0.0311. The summed E-state index contributed by atoms with van der Waals surface area (Å²) in [5.41, 5.74) is 5.98. The third-order valence-corrected chi connectivity index (χ3v) is 17.8. The van der Waals surface area contributed by atoms with Gasteiger partial charge < -0.3 is 85.6 Å². The van der Waals surface area contributed by atoms with Gasteiger partial charge in [0.05, 0.1) is 60.5 Å². The molecule has 0 radical (unpaired) electrons. The number of carbonyl (C=O) groups is 1. The van der Waals surface area contributed by atoms with E-state index in [1.807, 2.05) is 212 Å². The van der Waals surface area contributed by atoms with Crippen LogP contribution in [-0.2, 0) is 113 Å². The Labute approximate surface area is 595 Å². The topological polar surface area (TPSA) is 194 Å². The molecule has 3 fully saturated rings. The largest absolute Gasteiger partial charge is 0.497 e. The summed E-state index contributed by atoms with van der Waals surface area (Å²) in [6.45, 7) is 1.32. The van der Waals surface area contributed by atoms with Crippen molar-refractivity contribution in [1.29, 1.82) is 0 Å². The molecule has 3 saturated heterocycles. The smallest absolute Gasteiger partial charge is 0.302 e. The quantitative estimate of drug-likeness (QED) is 0.0368. The number of methoxy groups -OCH3 is 2. The number of benzene rings is 9. The van der Waals surface area contributed by atoms with Crippen molar-refractivity contribution in [1.82, 2.24) is 0 Å². The van der Waals surface area contributed by atoms with E-state index in [0.29, 0.717) is 23.0 Å². The minimum Gasteiger partial charge on any atom is -0.497 e. The molecule has 534 valence electrons. The molecule has 1 N–H and O–H groups in total. The van der Waals surface area contributed by atoms with Crippen LogP contribution in [0.15, 0.2) is 261 Å². The SMILES string of the molecule is COc1ccc(OC[C@H]2O[C@@H](O)[C@H](OCc3ccccc3)[C@@H](OCc3ccccc3)[C@H]2O[C@H]2O[C@H](COc3ccc(OC)cc3)[C@H](O[C@H]3O[C@H](COC(C)=O)[C@H](OCc4ccccc4)[C@H](OCc4ccccc4)[C@H]3OCc3ccccc3)[C@H](OCc3ccccc3)[C@H]2OCc2ccccc2)cc1. The Morgan fingerprint density at radius 3 is 0.873 bits per heavy atom. The molecule has 9 aromatic carbocycles. The predicted molar refractivity (Wildman–Crippen MR) is 377 cm³/mol. The molecule has 102 heavy (non-hydrogen) atoms. The summed E-state index contributed by atoms with van der Waals surface area (Å²) >= 11 is 0. The molecule has 0 unspecified atom stereocenters. The molecule has 3 aliphatic heterocycles. The molecule has 9 aromatic rings. The number of aliphatic hydroxyl groups excluding tert-OH is 1. The van der Waals surface area contributed by atoms with Crippen LogP contribution >= 0.6 is 0 Å². The molecule has 19 nitrogen and oxygen atoms in total. The molecular weight excluding hydrogens is 1300 g/mol. The van der Waals surface area contributed by atoms with Gasteiger partial charge >= 0.3 is 5.97 Å². The first-order chi connectivity index (χ1) is 50.2. The van der Waals surface area contributed by atoms with E-state index < -0.39 is 98.1 Å². The third kappa shape index (κ3) is 20.7. The van der Waals surface area contributed by atoms with Gasteiger partial charge in [0.2, 0.25) is 0 Å². The number of esters is 1. The lowest BCUT2D eigenvalue weighted by atomic mass is 9.95. The highest BCUT2D eigenvalue weighted by molar-refractivity contribution is 5.65. The Bertz CT molecular complexity index is 3830. The fourth-order valence-corrected chi connectivity index (χ4v) is 12.5. The highest BCUT2D eigenvalue weighted by Gasteiger charge is 2.57. The lowest BCUT2D eigenvalue weighted by Gasteiger charge is -2.51. The van der Waals surface area contributed by atoms with Crippen LogP contribution in [0.1, 0.15) is 45.9 Å². The van der Waals surface area contributed by atoms with Gasteiger partial charge in [-0.2, -0.15) is 0 Å². The third-order valence-electron chi connectivity index (χ3n) is 17.8. The van der Waals surface area contributed by atoms with E-state index in [1.54, 1.807) is 62.8 Å². The first-order valence-corrected chi connectivity index (χ1v) is 34.4. The van der Waals surface area contributed by atoms with Crippen molar-refractivity contribution in [3.8, 4) is 23.0 Å². The second-order valence-electron chi connectivity index (χ2n) is 25.0. The monoisotopic (exact) mass is 1390 g/mol. The minimum atomic E-state index is -1.55. The van der Waals surface area contributed by atoms with Crippen LogP contribution in [0.3, 0.4) is 0 Å². The van der Waals surface area contributed by atoms with E-state index in [1.165, 1.54) is 6.92 Å². The van der Waals surface area contributed by atoms with E-state index >= 15 is 0 Å².